The average molecular weight is 277 g/mol. The summed E-state index contributed by atoms with van der Waals surface area (Å²) in [5, 5.41) is 2.68. The third kappa shape index (κ3) is 4.01. The summed E-state index contributed by atoms with van der Waals surface area (Å²) in [4.78, 5) is 19.5. The number of rotatable bonds is 4. The Balaban J connectivity index is 1.96. The number of nitrogens with zero attached hydrogens (tertiary/aromatic N) is 2. The molecule has 0 saturated heterocycles. The minimum absolute atomic E-state index is 0.0782. The Morgan fingerprint density at radius 1 is 1.32 bits per heavy atom. The van der Waals surface area contributed by atoms with Crippen molar-refractivity contribution in [3.63, 3.8) is 0 Å². The van der Waals surface area contributed by atoms with Gasteiger partial charge in [-0.3, -0.25) is 4.79 Å². The van der Waals surface area contributed by atoms with E-state index < -0.39 is 6.04 Å². The first kappa shape index (κ1) is 13.5. The maximum Gasteiger partial charge on any atom is 0.242 e. The van der Waals surface area contributed by atoms with Gasteiger partial charge < -0.3 is 11.1 Å². The van der Waals surface area contributed by atoms with Gasteiger partial charge in [-0.15, -0.1) is 0 Å². The maximum absolute atomic E-state index is 11.9. The molecule has 3 N–H and O–H groups in total. The summed E-state index contributed by atoms with van der Waals surface area (Å²) < 4.78 is 0. The lowest BCUT2D eigenvalue weighted by molar-refractivity contribution is -0.117. The minimum atomic E-state index is -0.642. The molecule has 1 unspecified atom stereocenters. The molecule has 1 heterocycles. The predicted molar refractivity (Wildman–Crippen MR) is 73.8 cm³/mol. The molecule has 0 spiro atoms. The van der Waals surface area contributed by atoms with E-state index in [9.17, 15) is 4.79 Å². The fourth-order valence-corrected chi connectivity index (χ4v) is 1.73. The molecule has 0 aliphatic heterocycles. The van der Waals surface area contributed by atoms with Crippen molar-refractivity contribution < 1.29 is 4.79 Å². The molecule has 2 rings (SSSR count). The van der Waals surface area contributed by atoms with Crippen LogP contribution in [0.15, 0.2) is 42.6 Å². The van der Waals surface area contributed by atoms with Gasteiger partial charge in [-0.2, -0.15) is 0 Å². The molecular weight excluding hydrogens is 264 g/mol. The van der Waals surface area contributed by atoms with Crippen LogP contribution >= 0.6 is 11.6 Å². The van der Waals surface area contributed by atoms with Gasteiger partial charge in [-0.05, 0) is 29.7 Å². The zero-order chi connectivity index (χ0) is 13.7. The molecule has 1 aromatic heterocycles. The first-order valence-electron chi connectivity index (χ1n) is 5.74. The van der Waals surface area contributed by atoms with Crippen LogP contribution in [0.1, 0.15) is 5.56 Å². The highest BCUT2D eigenvalue weighted by molar-refractivity contribution is 6.28. The second kappa shape index (κ2) is 6.26. The lowest BCUT2D eigenvalue weighted by atomic mass is 10.1. The van der Waals surface area contributed by atoms with Crippen molar-refractivity contribution >= 4 is 23.3 Å². The van der Waals surface area contributed by atoms with Crippen molar-refractivity contribution in [2.45, 2.75) is 12.5 Å². The number of nitrogens with two attached hydrogens (primary N) is 1. The number of hydrogen-bond acceptors (Lipinski definition) is 4. The molecule has 1 aromatic carbocycles. The first-order chi connectivity index (χ1) is 9.15. The van der Waals surface area contributed by atoms with Gasteiger partial charge in [0.2, 0.25) is 11.2 Å². The number of carbonyl (C=O) groups is 1. The van der Waals surface area contributed by atoms with Gasteiger partial charge in [0.25, 0.3) is 0 Å². The summed E-state index contributed by atoms with van der Waals surface area (Å²) in [6.45, 7) is 0. The van der Waals surface area contributed by atoms with Crippen LogP contribution in [0.5, 0.6) is 0 Å². The number of anilines is 1. The summed E-state index contributed by atoms with van der Waals surface area (Å²) in [6, 6.07) is 10.5. The van der Waals surface area contributed by atoms with E-state index in [0.717, 1.165) is 5.56 Å². The second-order valence-corrected chi connectivity index (χ2v) is 4.33. The predicted octanol–water partition coefficient (Wildman–Crippen LogP) is 1.64. The number of carbonyl (C=O) groups excluding carboxylic acids is 1. The summed E-state index contributed by atoms with van der Waals surface area (Å²) in [6.07, 6.45) is 1.93. The Hall–Kier alpha value is -1.98. The monoisotopic (exact) mass is 276 g/mol. The SMILES string of the molecule is NC(Cc1ccccc1)C(=O)Nc1ccnc(Cl)n1. The zero-order valence-electron chi connectivity index (χ0n) is 10.1. The summed E-state index contributed by atoms with van der Waals surface area (Å²) in [7, 11) is 0. The normalized spacial score (nSPS) is 11.9. The van der Waals surface area contributed by atoms with Crippen LogP contribution in [-0.2, 0) is 11.2 Å². The quantitative estimate of drug-likeness (QED) is 0.832. The fourth-order valence-electron chi connectivity index (χ4n) is 1.58. The van der Waals surface area contributed by atoms with E-state index in [4.69, 9.17) is 17.3 Å². The Bertz CT molecular complexity index is 562. The lowest BCUT2D eigenvalue weighted by Crippen LogP contribution is -2.37. The molecule has 2 aromatic rings. The van der Waals surface area contributed by atoms with E-state index in [1.54, 1.807) is 6.07 Å². The van der Waals surface area contributed by atoms with Crippen LogP contribution in [0, 0.1) is 0 Å². The van der Waals surface area contributed by atoms with E-state index in [2.05, 4.69) is 15.3 Å². The smallest absolute Gasteiger partial charge is 0.242 e. The second-order valence-electron chi connectivity index (χ2n) is 4.00. The van der Waals surface area contributed by atoms with Crippen molar-refractivity contribution in [1.82, 2.24) is 9.97 Å². The van der Waals surface area contributed by atoms with Crippen LogP contribution in [0.3, 0.4) is 0 Å². The van der Waals surface area contributed by atoms with Crippen molar-refractivity contribution in [1.29, 1.82) is 0 Å². The lowest BCUT2D eigenvalue weighted by Gasteiger charge is -2.11. The Morgan fingerprint density at radius 2 is 2.05 bits per heavy atom. The standard InChI is InChI=1S/C13H13ClN4O/c14-13-16-7-6-11(18-13)17-12(19)10(15)8-9-4-2-1-3-5-9/h1-7,10H,8,15H2,(H,16,17,18,19). The van der Waals surface area contributed by atoms with Gasteiger partial charge in [0.1, 0.15) is 5.82 Å². The molecule has 19 heavy (non-hydrogen) atoms. The number of amides is 1. The number of hydrogen-bond donors (Lipinski definition) is 2. The fraction of sp³-hybridized carbons (Fsp3) is 0.154. The van der Waals surface area contributed by atoms with E-state index >= 15 is 0 Å². The molecule has 0 fully saturated rings. The molecule has 0 aliphatic rings. The molecule has 0 aliphatic carbocycles. The summed E-state index contributed by atoms with van der Waals surface area (Å²) in [5.41, 5.74) is 6.85. The van der Waals surface area contributed by atoms with Gasteiger partial charge in [0.05, 0.1) is 6.04 Å². The molecule has 0 bridgehead atoms. The van der Waals surface area contributed by atoms with E-state index in [-0.39, 0.29) is 11.2 Å². The van der Waals surface area contributed by atoms with Crippen LogP contribution in [-0.4, -0.2) is 21.9 Å². The molecule has 1 amide bonds. The molecule has 1 atom stereocenters. The highest BCUT2D eigenvalue weighted by Crippen LogP contribution is 2.07. The summed E-state index contributed by atoms with van der Waals surface area (Å²) >= 11 is 5.63. The number of nitrogens with one attached hydrogen (secondary N) is 1. The third-order valence-electron chi connectivity index (χ3n) is 2.51. The van der Waals surface area contributed by atoms with Crippen LogP contribution < -0.4 is 11.1 Å². The van der Waals surface area contributed by atoms with E-state index in [1.165, 1.54) is 6.20 Å². The molecule has 5 nitrogen and oxygen atoms in total. The topological polar surface area (TPSA) is 80.9 Å². The van der Waals surface area contributed by atoms with E-state index in [1.807, 2.05) is 30.3 Å². The third-order valence-corrected chi connectivity index (χ3v) is 2.69. The number of halogens is 1. The summed E-state index contributed by atoms with van der Waals surface area (Å²) in [5.74, 6) is 0.0344. The Labute approximate surface area is 115 Å². The average Bonchev–Trinajstić information content (AvgIpc) is 2.40. The molecule has 98 valence electrons. The Morgan fingerprint density at radius 3 is 2.74 bits per heavy atom. The zero-order valence-corrected chi connectivity index (χ0v) is 10.8. The van der Waals surface area contributed by atoms with Crippen molar-refractivity contribution in [3.05, 3.63) is 53.4 Å². The van der Waals surface area contributed by atoms with Crippen molar-refractivity contribution in [3.8, 4) is 0 Å². The Kier molecular flexibility index (Phi) is 4.43. The largest absolute Gasteiger partial charge is 0.320 e. The molecule has 0 saturated carbocycles. The number of aromatic nitrogens is 2. The van der Waals surface area contributed by atoms with Crippen LogP contribution in [0.4, 0.5) is 5.82 Å². The highest BCUT2D eigenvalue weighted by atomic mass is 35.5. The van der Waals surface area contributed by atoms with Gasteiger partial charge >= 0.3 is 0 Å². The molecule has 6 heteroatoms. The van der Waals surface area contributed by atoms with Crippen LogP contribution in [0.2, 0.25) is 5.28 Å². The van der Waals surface area contributed by atoms with Crippen LogP contribution in [0.25, 0.3) is 0 Å². The van der Waals surface area contributed by atoms with Gasteiger partial charge in [-0.25, -0.2) is 9.97 Å². The van der Waals surface area contributed by atoms with Crippen molar-refractivity contribution in [2.75, 3.05) is 5.32 Å². The van der Waals surface area contributed by atoms with Gasteiger partial charge in [-0.1, -0.05) is 30.3 Å². The van der Waals surface area contributed by atoms with Gasteiger partial charge in [0, 0.05) is 6.20 Å². The maximum atomic E-state index is 11.9. The molecular formula is C13H13ClN4O. The van der Waals surface area contributed by atoms with Crippen molar-refractivity contribution in [2.24, 2.45) is 5.73 Å². The first-order valence-corrected chi connectivity index (χ1v) is 6.12. The van der Waals surface area contributed by atoms with E-state index in [0.29, 0.717) is 12.2 Å². The van der Waals surface area contributed by atoms with Gasteiger partial charge in [0.15, 0.2) is 0 Å². The molecule has 0 radical (unpaired) electrons. The highest BCUT2D eigenvalue weighted by Gasteiger charge is 2.14. The minimum Gasteiger partial charge on any atom is -0.320 e. The number of benzene rings is 1.